The van der Waals surface area contributed by atoms with Crippen molar-refractivity contribution in [2.45, 2.75) is 6.92 Å². The van der Waals surface area contributed by atoms with Crippen molar-refractivity contribution in [3.63, 3.8) is 0 Å². The van der Waals surface area contributed by atoms with Gasteiger partial charge in [-0.25, -0.2) is 4.79 Å². The molecular formula is C21H18N2O5S2. The van der Waals surface area contributed by atoms with Crippen LogP contribution in [0.3, 0.4) is 0 Å². The maximum atomic E-state index is 12.7. The van der Waals surface area contributed by atoms with Gasteiger partial charge in [-0.1, -0.05) is 42.2 Å². The van der Waals surface area contributed by atoms with Crippen molar-refractivity contribution >= 4 is 57.8 Å². The number of aromatic carboxylic acids is 1. The number of aryl methyl sites for hydroxylation is 1. The van der Waals surface area contributed by atoms with Gasteiger partial charge < -0.3 is 15.2 Å². The first kappa shape index (κ1) is 21.5. The monoisotopic (exact) mass is 442 g/mol. The smallest absolute Gasteiger partial charge is 0.337 e. The average molecular weight is 443 g/mol. The number of hydrogen-bond donors (Lipinski definition) is 2. The SMILES string of the molecule is COc1ccc(/C=C2\SC(=S)N(CC(=O)Nc3cc(C)ccc3C(=O)O)C2=O)cc1. The van der Waals surface area contributed by atoms with Crippen LogP contribution in [-0.4, -0.2) is 45.8 Å². The highest BCUT2D eigenvalue weighted by Gasteiger charge is 2.33. The number of rotatable bonds is 6. The molecule has 1 fully saturated rings. The van der Waals surface area contributed by atoms with Crippen LogP contribution in [0.15, 0.2) is 47.4 Å². The van der Waals surface area contributed by atoms with E-state index in [0.717, 1.165) is 22.9 Å². The zero-order valence-corrected chi connectivity index (χ0v) is 17.8. The summed E-state index contributed by atoms with van der Waals surface area (Å²) in [7, 11) is 1.57. The number of nitrogens with one attached hydrogen (secondary N) is 1. The van der Waals surface area contributed by atoms with E-state index in [0.29, 0.717) is 10.7 Å². The Morgan fingerprint density at radius 1 is 1.23 bits per heavy atom. The van der Waals surface area contributed by atoms with Gasteiger partial charge in [0.2, 0.25) is 5.91 Å². The van der Waals surface area contributed by atoms with Gasteiger partial charge >= 0.3 is 5.97 Å². The fourth-order valence-electron chi connectivity index (χ4n) is 2.77. The first-order valence-electron chi connectivity index (χ1n) is 8.81. The molecule has 0 bridgehead atoms. The summed E-state index contributed by atoms with van der Waals surface area (Å²) in [5, 5.41) is 11.9. The lowest BCUT2D eigenvalue weighted by molar-refractivity contribution is -0.126. The molecule has 7 nitrogen and oxygen atoms in total. The normalized spacial score (nSPS) is 14.9. The Balaban J connectivity index is 1.72. The van der Waals surface area contributed by atoms with Gasteiger partial charge in [0, 0.05) is 0 Å². The van der Waals surface area contributed by atoms with Gasteiger partial charge in [0.15, 0.2) is 0 Å². The Hall–Kier alpha value is -3.17. The number of thiocarbonyl (C=S) groups is 1. The number of carbonyl (C=O) groups excluding carboxylic acids is 2. The molecule has 1 heterocycles. The van der Waals surface area contributed by atoms with Gasteiger partial charge in [0.05, 0.1) is 23.3 Å². The molecule has 3 rings (SSSR count). The van der Waals surface area contributed by atoms with E-state index in [1.807, 2.05) is 12.1 Å². The Morgan fingerprint density at radius 2 is 1.93 bits per heavy atom. The summed E-state index contributed by atoms with van der Waals surface area (Å²) < 4.78 is 5.38. The molecule has 0 aromatic heterocycles. The molecule has 2 aromatic carbocycles. The number of carboxylic acids is 1. The average Bonchev–Trinajstić information content (AvgIpc) is 2.95. The Morgan fingerprint density at radius 3 is 2.57 bits per heavy atom. The van der Waals surface area contributed by atoms with Crippen LogP contribution in [0.4, 0.5) is 5.69 Å². The van der Waals surface area contributed by atoms with Crippen molar-refractivity contribution in [3.8, 4) is 5.75 Å². The molecular weight excluding hydrogens is 424 g/mol. The zero-order chi connectivity index (χ0) is 21.8. The lowest BCUT2D eigenvalue weighted by Gasteiger charge is -2.15. The number of ether oxygens (including phenoxy) is 1. The number of amides is 2. The predicted octanol–water partition coefficient (Wildman–Crippen LogP) is 3.54. The van der Waals surface area contributed by atoms with Crippen LogP contribution in [0.1, 0.15) is 21.5 Å². The number of thioether (sulfide) groups is 1. The van der Waals surface area contributed by atoms with Gasteiger partial charge in [0.1, 0.15) is 16.6 Å². The Bertz CT molecular complexity index is 1060. The van der Waals surface area contributed by atoms with Gasteiger partial charge in [-0.05, 0) is 48.4 Å². The summed E-state index contributed by atoms with van der Waals surface area (Å²) in [5.41, 5.74) is 1.74. The fraction of sp³-hybridized carbons (Fsp3) is 0.143. The molecule has 2 aromatic rings. The van der Waals surface area contributed by atoms with Crippen molar-refractivity contribution in [1.29, 1.82) is 0 Å². The second-order valence-corrected chi connectivity index (χ2v) is 8.12. The predicted molar refractivity (Wildman–Crippen MR) is 120 cm³/mol. The summed E-state index contributed by atoms with van der Waals surface area (Å²) in [4.78, 5) is 38.2. The molecule has 0 spiro atoms. The molecule has 2 N–H and O–H groups in total. The molecule has 30 heavy (non-hydrogen) atoms. The van der Waals surface area contributed by atoms with E-state index in [1.54, 1.807) is 44.4 Å². The quantitative estimate of drug-likeness (QED) is 0.522. The summed E-state index contributed by atoms with van der Waals surface area (Å²) in [6, 6.07) is 11.8. The van der Waals surface area contributed by atoms with E-state index in [4.69, 9.17) is 17.0 Å². The number of methoxy groups -OCH3 is 1. The van der Waals surface area contributed by atoms with E-state index in [2.05, 4.69) is 5.32 Å². The number of benzene rings is 2. The molecule has 1 saturated heterocycles. The minimum atomic E-state index is -1.15. The number of nitrogens with zero attached hydrogens (tertiary/aromatic N) is 1. The highest BCUT2D eigenvalue weighted by atomic mass is 32.2. The summed E-state index contributed by atoms with van der Waals surface area (Å²) in [5.74, 6) is -1.37. The van der Waals surface area contributed by atoms with Gasteiger partial charge in [-0.3, -0.25) is 14.5 Å². The number of anilines is 1. The highest BCUT2D eigenvalue weighted by molar-refractivity contribution is 8.26. The lowest BCUT2D eigenvalue weighted by Crippen LogP contribution is -2.36. The minimum absolute atomic E-state index is 0.0289. The zero-order valence-electron chi connectivity index (χ0n) is 16.2. The Kier molecular flexibility index (Phi) is 6.53. The van der Waals surface area contributed by atoms with Crippen molar-refractivity contribution in [2.75, 3.05) is 19.0 Å². The molecule has 0 unspecified atom stereocenters. The fourth-order valence-corrected chi connectivity index (χ4v) is 4.02. The van der Waals surface area contributed by atoms with Crippen molar-refractivity contribution in [3.05, 3.63) is 64.1 Å². The maximum absolute atomic E-state index is 12.7. The molecule has 2 amide bonds. The van der Waals surface area contributed by atoms with Crippen LogP contribution in [0, 0.1) is 6.92 Å². The standard InChI is InChI=1S/C21H18N2O5S2/c1-12-3-8-15(20(26)27)16(9-12)22-18(24)11-23-19(25)17(30-21(23)29)10-13-4-6-14(28-2)7-5-13/h3-10H,11H2,1-2H3,(H,22,24)(H,26,27)/b17-10-. The molecule has 1 aliphatic rings. The van der Waals surface area contributed by atoms with Gasteiger partial charge in [0.25, 0.3) is 5.91 Å². The highest BCUT2D eigenvalue weighted by Crippen LogP contribution is 2.32. The Labute approximate surface area is 182 Å². The first-order valence-corrected chi connectivity index (χ1v) is 10.0. The van der Waals surface area contributed by atoms with Crippen molar-refractivity contribution in [1.82, 2.24) is 4.90 Å². The van der Waals surface area contributed by atoms with Crippen LogP contribution in [0.5, 0.6) is 5.75 Å². The van der Waals surface area contributed by atoms with Crippen LogP contribution < -0.4 is 10.1 Å². The van der Waals surface area contributed by atoms with Crippen molar-refractivity contribution in [2.24, 2.45) is 0 Å². The van der Waals surface area contributed by atoms with Gasteiger partial charge in [-0.15, -0.1) is 0 Å². The minimum Gasteiger partial charge on any atom is -0.497 e. The first-order chi connectivity index (χ1) is 14.3. The maximum Gasteiger partial charge on any atom is 0.337 e. The summed E-state index contributed by atoms with van der Waals surface area (Å²) >= 11 is 6.36. The number of carboxylic acid groups (broad SMARTS) is 1. The van der Waals surface area contributed by atoms with Crippen LogP contribution in [-0.2, 0) is 9.59 Å². The van der Waals surface area contributed by atoms with Crippen LogP contribution in [0.25, 0.3) is 6.08 Å². The van der Waals surface area contributed by atoms with E-state index in [1.165, 1.54) is 11.0 Å². The lowest BCUT2D eigenvalue weighted by atomic mass is 10.1. The van der Waals surface area contributed by atoms with Crippen molar-refractivity contribution < 1.29 is 24.2 Å². The number of hydrogen-bond acceptors (Lipinski definition) is 6. The molecule has 0 aliphatic carbocycles. The molecule has 0 atom stereocenters. The molecule has 0 saturated carbocycles. The second kappa shape index (κ2) is 9.10. The largest absolute Gasteiger partial charge is 0.497 e. The third-order valence-corrected chi connectivity index (χ3v) is 5.65. The van der Waals surface area contributed by atoms with E-state index >= 15 is 0 Å². The van der Waals surface area contributed by atoms with E-state index in [-0.39, 0.29) is 28.0 Å². The second-order valence-electron chi connectivity index (χ2n) is 6.44. The van der Waals surface area contributed by atoms with E-state index in [9.17, 15) is 19.5 Å². The number of carbonyl (C=O) groups is 3. The van der Waals surface area contributed by atoms with E-state index < -0.39 is 11.9 Å². The van der Waals surface area contributed by atoms with Crippen LogP contribution >= 0.6 is 24.0 Å². The van der Waals surface area contributed by atoms with Crippen LogP contribution in [0.2, 0.25) is 0 Å². The topological polar surface area (TPSA) is 95.9 Å². The summed E-state index contributed by atoms with van der Waals surface area (Å²) in [6.07, 6.45) is 1.69. The molecule has 154 valence electrons. The molecule has 1 aliphatic heterocycles. The molecule has 0 radical (unpaired) electrons. The third-order valence-electron chi connectivity index (χ3n) is 4.27. The third kappa shape index (κ3) is 4.87. The summed E-state index contributed by atoms with van der Waals surface area (Å²) in [6.45, 7) is 1.48. The van der Waals surface area contributed by atoms with Gasteiger partial charge in [-0.2, -0.15) is 0 Å². The molecule has 9 heteroatoms.